The Morgan fingerprint density at radius 2 is 1.49 bits per heavy atom. The highest BCUT2D eigenvalue weighted by molar-refractivity contribution is 5.92. The van der Waals surface area contributed by atoms with Gasteiger partial charge in [0.15, 0.2) is 0 Å². The number of aliphatic hydroxyl groups is 1. The van der Waals surface area contributed by atoms with Crippen LogP contribution in [-0.4, -0.2) is 49.2 Å². The summed E-state index contributed by atoms with van der Waals surface area (Å²) in [4.78, 5) is 26.7. The van der Waals surface area contributed by atoms with E-state index in [1.807, 2.05) is 0 Å². The Hall–Kier alpha value is -3.94. The first-order chi connectivity index (χ1) is 16.2. The molecule has 0 atom stereocenters. The van der Waals surface area contributed by atoms with E-state index < -0.39 is 48.2 Å². The molecule has 0 bridgehead atoms. The third kappa shape index (κ3) is 5.26. The number of carbonyl (C=O) groups is 2. The molecular weight excluding hydrogens is 486 g/mol. The van der Waals surface area contributed by atoms with E-state index >= 15 is 0 Å². The molecule has 14 heteroatoms. The Morgan fingerprint density at radius 1 is 0.914 bits per heavy atom. The van der Waals surface area contributed by atoms with Gasteiger partial charge in [0, 0.05) is 36.0 Å². The molecule has 0 unspecified atom stereocenters. The quantitative estimate of drug-likeness (QED) is 0.420. The first kappa shape index (κ1) is 25.7. The van der Waals surface area contributed by atoms with E-state index in [2.05, 4.69) is 15.4 Å². The number of hydrogen-bond acceptors (Lipinski definition) is 5. The van der Waals surface area contributed by atoms with Crippen molar-refractivity contribution in [2.45, 2.75) is 30.8 Å². The normalized spacial score (nSPS) is 12.4. The molecule has 1 aromatic carbocycles. The maximum absolute atomic E-state index is 13.2. The lowest BCUT2D eigenvalue weighted by atomic mass is 9.92. The molecule has 0 spiro atoms. The number of anilines is 1. The third-order valence-corrected chi connectivity index (χ3v) is 4.87. The summed E-state index contributed by atoms with van der Waals surface area (Å²) in [5, 5.41) is 25.0. The van der Waals surface area contributed by atoms with Crippen LogP contribution in [0.2, 0.25) is 0 Å². The maximum atomic E-state index is 13.2. The second kappa shape index (κ2) is 9.37. The molecule has 0 saturated heterocycles. The van der Waals surface area contributed by atoms with Gasteiger partial charge in [-0.1, -0.05) is 12.1 Å². The van der Waals surface area contributed by atoms with Crippen LogP contribution in [0, 0.1) is 0 Å². The highest BCUT2D eigenvalue weighted by atomic mass is 19.4. The minimum Gasteiger partial charge on any atom is -0.481 e. The molecular formula is C21H16F6N4O4. The second-order valence-corrected chi connectivity index (χ2v) is 7.26. The number of aliphatic carboxylic acids is 1. The Kier molecular flexibility index (Phi) is 6.87. The summed E-state index contributed by atoms with van der Waals surface area (Å²) in [6.45, 7) is 0. The molecule has 0 aliphatic carbocycles. The molecule has 3 N–H and O–H groups in total. The summed E-state index contributed by atoms with van der Waals surface area (Å²) in [5.41, 5.74) is -5.81. The van der Waals surface area contributed by atoms with Crippen molar-refractivity contribution in [1.82, 2.24) is 14.8 Å². The van der Waals surface area contributed by atoms with E-state index in [9.17, 15) is 41.0 Å². The van der Waals surface area contributed by atoms with Crippen LogP contribution in [0.1, 0.15) is 18.4 Å². The number of alkyl halides is 6. The van der Waals surface area contributed by atoms with E-state index in [1.54, 1.807) is 12.1 Å². The predicted molar refractivity (Wildman–Crippen MR) is 108 cm³/mol. The summed E-state index contributed by atoms with van der Waals surface area (Å²) in [6.07, 6.45) is -10.1. The topological polar surface area (TPSA) is 117 Å². The largest absolute Gasteiger partial charge is 0.481 e. The van der Waals surface area contributed by atoms with Gasteiger partial charge in [-0.05, 0) is 24.3 Å². The Balaban J connectivity index is 2.03. The molecule has 1 amide bonds. The van der Waals surface area contributed by atoms with Gasteiger partial charge in [0.25, 0.3) is 5.60 Å². The molecule has 2 heterocycles. The zero-order chi connectivity index (χ0) is 26.0. The van der Waals surface area contributed by atoms with Crippen molar-refractivity contribution in [2.75, 3.05) is 5.32 Å². The minimum atomic E-state index is -6.05. The number of halogens is 6. The minimum absolute atomic E-state index is 0.0261. The molecule has 0 saturated carbocycles. The SMILES string of the molecule is O=C(O)CCC(=O)Nc1cc(-c2ccncc2)nn1-c1ccc(C(O)(C(F)(F)F)C(F)(F)F)cc1. The van der Waals surface area contributed by atoms with Crippen molar-refractivity contribution in [3.8, 4) is 16.9 Å². The molecule has 2 aromatic heterocycles. The number of pyridine rings is 1. The number of nitrogens with one attached hydrogen (secondary N) is 1. The van der Waals surface area contributed by atoms with E-state index in [0.717, 1.165) is 16.8 Å². The van der Waals surface area contributed by atoms with E-state index in [4.69, 9.17) is 5.11 Å². The predicted octanol–water partition coefficient (Wildman–Crippen LogP) is 4.05. The fourth-order valence-corrected chi connectivity index (χ4v) is 3.09. The van der Waals surface area contributed by atoms with Gasteiger partial charge in [0.1, 0.15) is 5.82 Å². The number of hydrogen-bond donors (Lipinski definition) is 3. The molecule has 0 fully saturated rings. The molecule has 3 aromatic rings. The first-order valence-electron chi connectivity index (χ1n) is 9.73. The second-order valence-electron chi connectivity index (χ2n) is 7.26. The molecule has 3 rings (SSSR count). The Morgan fingerprint density at radius 3 is 2.00 bits per heavy atom. The van der Waals surface area contributed by atoms with Crippen molar-refractivity contribution in [2.24, 2.45) is 0 Å². The van der Waals surface area contributed by atoms with Gasteiger partial charge >= 0.3 is 18.3 Å². The fraction of sp³-hybridized carbons (Fsp3) is 0.238. The first-order valence-corrected chi connectivity index (χ1v) is 9.73. The van der Waals surface area contributed by atoms with E-state index in [-0.39, 0.29) is 17.2 Å². The van der Waals surface area contributed by atoms with Crippen molar-refractivity contribution < 1.29 is 46.1 Å². The lowest BCUT2D eigenvalue weighted by Gasteiger charge is -2.32. The molecule has 0 aliphatic rings. The number of carbonyl (C=O) groups excluding carboxylic acids is 1. The standard InChI is InChI=1S/C21H16F6N4O4/c22-20(23,24)19(35,21(25,26)27)13-1-3-14(4-2-13)31-16(29-17(32)5-6-18(33)34)11-15(30-31)12-7-9-28-10-8-12/h1-4,7-11,35H,5-6H2,(H,29,32)(H,33,34). The molecule has 35 heavy (non-hydrogen) atoms. The van der Waals surface area contributed by atoms with Crippen LogP contribution in [0.25, 0.3) is 16.9 Å². The van der Waals surface area contributed by atoms with Crippen LogP contribution >= 0.6 is 0 Å². The smallest absolute Gasteiger partial charge is 0.430 e. The highest BCUT2D eigenvalue weighted by Crippen LogP contribution is 2.50. The lowest BCUT2D eigenvalue weighted by molar-refractivity contribution is -0.376. The zero-order valence-electron chi connectivity index (χ0n) is 17.4. The van der Waals surface area contributed by atoms with Gasteiger partial charge in [-0.25, -0.2) is 4.68 Å². The number of nitrogens with zero attached hydrogens (tertiary/aromatic N) is 3. The van der Waals surface area contributed by atoms with E-state index in [0.29, 0.717) is 17.7 Å². The van der Waals surface area contributed by atoms with Crippen LogP contribution in [-0.2, 0) is 15.2 Å². The summed E-state index contributed by atoms with van der Waals surface area (Å²) in [7, 11) is 0. The summed E-state index contributed by atoms with van der Waals surface area (Å²) < 4.78 is 80.0. The van der Waals surface area contributed by atoms with Crippen LogP contribution in [0.3, 0.4) is 0 Å². The maximum Gasteiger partial charge on any atom is 0.430 e. The van der Waals surface area contributed by atoms with Gasteiger partial charge in [-0.2, -0.15) is 31.4 Å². The highest BCUT2D eigenvalue weighted by Gasteiger charge is 2.71. The zero-order valence-corrected chi connectivity index (χ0v) is 17.4. The summed E-state index contributed by atoms with van der Waals surface area (Å²) >= 11 is 0. The molecule has 0 radical (unpaired) electrons. The molecule has 186 valence electrons. The van der Waals surface area contributed by atoms with Crippen molar-refractivity contribution in [3.05, 3.63) is 60.4 Å². The number of amides is 1. The van der Waals surface area contributed by atoms with E-state index in [1.165, 1.54) is 18.5 Å². The van der Waals surface area contributed by atoms with Crippen molar-refractivity contribution in [1.29, 1.82) is 0 Å². The van der Waals surface area contributed by atoms with Gasteiger partial charge < -0.3 is 15.5 Å². The monoisotopic (exact) mass is 502 g/mol. The van der Waals surface area contributed by atoms with Crippen LogP contribution in [0.5, 0.6) is 0 Å². The lowest BCUT2D eigenvalue weighted by Crippen LogP contribution is -2.53. The van der Waals surface area contributed by atoms with Crippen molar-refractivity contribution >= 4 is 17.7 Å². The Bertz CT molecular complexity index is 1190. The fourth-order valence-electron chi connectivity index (χ4n) is 3.09. The van der Waals surface area contributed by atoms with Gasteiger partial charge in [0.2, 0.25) is 5.91 Å². The van der Waals surface area contributed by atoms with Crippen LogP contribution in [0.4, 0.5) is 32.2 Å². The Labute approximate surface area is 192 Å². The summed E-state index contributed by atoms with van der Waals surface area (Å²) in [5.74, 6) is -1.96. The van der Waals surface area contributed by atoms with Crippen molar-refractivity contribution in [3.63, 3.8) is 0 Å². The average molecular weight is 502 g/mol. The number of benzene rings is 1. The molecule has 0 aliphatic heterocycles. The number of aromatic nitrogens is 3. The van der Waals surface area contributed by atoms with Crippen LogP contribution in [0.15, 0.2) is 54.9 Å². The summed E-state index contributed by atoms with van der Waals surface area (Å²) in [6, 6.07) is 7.11. The van der Waals surface area contributed by atoms with Gasteiger partial charge in [-0.15, -0.1) is 0 Å². The number of carboxylic acid groups (broad SMARTS) is 1. The molecule has 8 nitrogen and oxygen atoms in total. The number of rotatable bonds is 7. The van der Waals surface area contributed by atoms with Crippen LogP contribution < -0.4 is 5.32 Å². The third-order valence-electron chi connectivity index (χ3n) is 4.87. The van der Waals surface area contributed by atoms with Gasteiger partial charge in [-0.3, -0.25) is 14.6 Å². The van der Waals surface area contributed by atoms with Gasteiger partial charge in [0.05, 0.1) is 17.8 Å². The number of carboxylic acids is 1. The average Bonchev–Trinajstić information content (AvgIpc) is 3.20.